The predicted molar refractivity (Wildman–Crippen MR) is 72.3 cm³/mol. The number of hydrogen-bond donors (Lipinski definition) is 1. The Morgan fingerprint density at radius 1 is 1.05 bits per heavy atom. The molecule has 0 spiro atoms. The molecule has 0 aliphatic heterocycles. The fraction of sp³-hybridized carbons (Fsp3) is 0.125. The molecule has 0 aliphatic carbocycles. The molecule has 2 nitrogen and oxygen atoms in total. The van der Waals surface area contributed by atoms with Crippen LogP contribution in [0.25, 0.3) is 0 Å². The molecule has 0 aliphatic rings. The van der Waals surface area contributed by atoms with Gasteiger partial charge in [0.25, 0.3) is 0 Å². The van der Waals surface area contributed by atoms with Crippen LogP contribution in [0.15, 0.2) is 55.1 Å². The minimum absolute atomic E-state index is 0.336. The molecule has 0 bridgehead atoms. The lowest BCUT2D eigenvalue weighted by Gasteiger charge is -2.15. The third-order valence-corrected chi connectivity index (χ3v) is 3.01. The lowest BCUT2D eigenvalue weighted by Crippen LogP contribution is -2.05. The number of halogens is 2. The summed E-state index contributed by atoms with van der Waals surface area (Å²) >= 11 is 0. The molecule has 20 heavy (non-hydrogen) atoms. The molecule has 0 amide bonds. The highest BCUT2D eigenvalue weighted by Crippen LogP contribution is 2.26. The summed E-state index contributed by atoms with van der Waals surface area (Å²) in [6.45, 7) is 3.65. The molecule has 1 unspecified atom stereocenters. The maximum Gasteiger partial charge on any atom is 0.159 e. The zero-order valence-electron chi connectivity index (χ0n) is 10.7. The van der Waals surface area contributed by atoms with Gasteiger partial charge in [0.05, 0.1) is 0 Å². The van der Waals surface area contributed by atoms with E-state index in [9.17, 15) is 8.78 Å². The molecule has 0 fully saturated rings. The van der Waals surface area contributed by atoms with Gasteiger partial charge in [0.15, 0.2) is 11.6 Å². The molecule has 0 aromatic heterocycles. The van der Waals surface area contributed by atoms with E-state index >= 15 is 0 Å². The molecule has 0 radical (unpaired) electrons. The molecule has 2 aromatic carbocycles. The van der Waals surface area contributed by atoms with Crippen LogP contribution in [-0.2, 0) is 11.3 Å². The summed E-state index contributed by atoms with van der Waals surface area (Å²) in [5.74, 6) is -1.92. The van der Waals surface area contributed by atoms with Crippen molar-refractivity contribution in [2.45, 2.75) is 12.5 Å². The lowest BCUT2D eigenvalue weighted by molar-refractivity contribution is -0.270. The van der Waals surface area contributed by atoms with E-state index in [0.29, 0.717) is 11.1 Å². The predicted octanol–water partition coefficient (Wildman–Crippen LogP) is 4.27. The Hall–Kier alpha value is -2.04. The number of rotatable bonds is 5. The van der Waals surface area contributed by atoms with Gasteiger partial charge >= 0.3 is 0 Å². The van der Waals surface area contributed by atoms with Gasteiger partial charge < -0.3 is 0 Å². The van der Waals surface area contributed by atoms with Crippen LogP contribution >= 0.6 is 0 Å². The number of allylic oxidation sites excluding steroid dienone is 1. The van der Waals surface area contributed by atoms with Crippen LogP contribution in [0.2, 0.25) is 0 Å². The van der Waals surface area contributed by atoms with Crippen LogP contribution in [0.5, 0.6) is 0 Å². The van der Waals surface area contributed by atoms with Crippen molar-refractivity contribution in [1.82, 2.24) is 0 Å². The third kappa shape index (κ3) is 3.10. The highest BCUT2D eigenvalue weighted by molar-refractivity contribution is 5.33. The van der Waals surface area contributed by atoms with Gasteiger partial charge in [-0.05, 0) is 35.2 Å². The van der Waals surface area contributed by atoms with Gasteiger partial charge in [-0.15, -0.1) is 6.58 Å². The van der Waals surface area contributed by atoms with Gasteiger partial charge in [-0.3, -0.25) is 5.26 Å². The Morgan fingerprint density at radius 3 is 2.25 bits per heavy atom. The first-order valence-electron chi connectivity index (χ1n) is 6.10. The van der Waals surface area contributed by atoms with Gasteiger partial charge in [0.2, 0.25) is 0 Å². The highest BCUT2D eigenvalue weighted by atomic mass is 19.2. The van der Waals surface area contributed by atoms with Gasteiger partial charge in [-0.25, -0.2) is 13.7 Å². The Kier molecular flexibility index (Phi) is 4.61. The standard InChI is InChI=1S/C16H14F2O2/c1-2-3-11-4-6-12(7-5-11)16(20-19)13-8-9-14(17)15(18)10-13/h2,4-10,16,19H,1,3H2. The lowest BCUT2D eigenvalue weighted by atomic mass is 9.99. The molecule has 2 aromatic rings. The normalized spacial score (nSPS) is 12.2. The summed E-state index contributed by atoms with van der Waals surface area (Å²) in [6.07, 6.45) is 1.66. The SMILES string of the molecule is C=CCc1ccc(C(OO)c2ccc(F)c(F)c2)cc1. The van der Waals surface area contributed by atoms with Crippen LogP contribution in [0.4, 0.5) is 8.78 Å². The second-order valence-corrected chi connectivity index (χ2v) is 4.39. The molecule has 0 saturated heterocycles. The van der Waals surface area contributed by atoms with Crippen molar-refractivity contribution in [3.8, 4) is 0 Å². The minimum atomic E-state index is -0.979. The molecule has 0 saturated carbocycles. The van der Waals surface area contributed by atoms with E-state index in [1.54, 1.807) is 18.2 Å². The van der Waals surface area contributed by atoms with Gasteiger partial charge in [0.1, 0.15) is 6.10 Å². The molecule has 2 rings (SSSR count). The molecule has 1 N–H and O–H groups in total. The summed E-state index contributed by atoms with van der Waals surface area (Å²) in [7, 11) is 0. The molecular formula is C16H14F2O2. The summed E-state index contributed by atoms with van der Waals surface area (Å²) in [5.41, 5.74) is 2.04. The van der Waals surface area contributed by atoms with Gasteiger partial charge in [-0.2, -0.15) is 0 Å². The number of benzene rings is 2. The van der Waals surface area contributed by atoms with E-state index in [-0.39, 0.29) is 0 Å². The first kappa shape index (κ1) is 14.4. The van der Waals surface area contributed by atoms with Crippen molar-refractivity contribution in [1.29, 1.82) is 0 Å². The maximum absolute atomic E-state index is 13.2. The van der Waals surface area contributed by atoms with Crippen molar-refractivity contribution in [3.63, 3.8) is 0 Å². The molecule has 0 heterocycles. The quantitative estimate of drug-likeness (QED) is 0.502. The second-order valence-electron chi connectivity index (χ2n) is 4.39. The summed E-state index contributed by atoms with van der Waals surface area (Å²) in [5, 5.41) is 9.03. The van der Waals surface area contributed by atoms with E-state index in [0.717, 1.165) is 24.1 Å². The van der Waals surface area contributed by atoms with Crippen molar-refractivity contribution in [2.75, 3.05) is 0 Å². The van der Waals surface area contributed by atoms with Gasteiger partial charge in [-0.1, -0.05) is 36.4 Å². The fourth-order valence-electron chi connectivity index (χ4n) is 1.98. The Balaban J connectivity index is 2.31. The first-order valence-corrected chi connectivity index (χ1v) is 6.10. The molecule has 4 heteroatoms. The molecule has 1 atom stereocenters. The Morgan fingerprint density at radius 2 is 1.70 bits per heavy atom. The monoisotopic (exact) mass is 276 g/mol. The average molecular weight is 276 g/mol. The smallest absolute Gasteiger partial charge is 0.159 e. The summed E-state index contributed by atoms with van der Waals surface area (Å²) < 4.78 is 26.2. The third-order valence-electron chi connectivity index (χ3n) is 3.01. The Labute approximate surface area is 115 Å². The molecule has 104 valence electrons. The van der Waals surface area contributed by atoms with E-state index in [1.807, 2.05) is 12.1 Å². The van der Waals surface area contributed by atoms with E-state index in [1.165, 1.54) is 6.07 Å². The average Bonchev–Trinajstić information content (AvgIpc) is 2.46. The first-order chi connectivity index (χ1) is 9.65. The van der Waals surface area contributed by atoms with Crippen LogP contribution < -0.4 is 0 Å². The largest absolute Gasteiger partial charge is 0.251 e. The maximum atomic E-state index is 13.2. The van der Waals surface area contributed by atoms with Crippen LogP contribution in [-0.4, -0.2) is 5.26 Å². The van der Waals surface area contributed by atoms with Crippen molar-refractivity contribution in [3.05, 3.63) is 83.4 Å². The molecular weight excluding hydrogens is 262 g/mol. The van der Waals surface area contributed by atoms with Crippen molar-refractivity contribution in [2.24, 2.45) is 0 Å². The van der Waals surface area contributed by atoms with Crippen LogP contribution in [0.1, 0.15) is 22.8 Å². The topological polar surface area (TPSA) is 29.5 Å². The highest BCUT2D eigenvalue weighted by Gasteiger charge is 2.16. The van der Waals surface area contributed by atoms with Crippen molar-refractivity contribution >= 4 is 0 Å². The second kappa shape index (κ2) is 6.41. The Bertz CT molecular complexity index is 594. The van der Waals surface area contributed by atoms with E-state index in [2.05, 4.69) is 11.5 Å². The van der Waals surface area contributed by atoms with Crippen molar-refractivity contribution < 1.29 is 18.9 Å². The number of hydrogen-bond acceptors (Lipinski definition) is 2. The summed E-state index contributed by atoms with van der Waals surface area (Å²) in [6, 6.07) is 10.6. The summed E-state index contributed by atoms with van der Waals surface area (Å²) in [4.78, 5) is 4.41. The van der Waals surface area contributed by atoms with E-state index < -0.39 is 17.7 Å². The van der Waals surface area contributed by atoms with Crippen LogP contribution in [0.3, 0.4) is 0 Å². The van der Waals surface area contributed by atoms with Crippen LogP contribution in [0, 0.1) is 11.6 Å². The van der Waals surface area contributed by atoms with E-state index in [4.69, 9.17) is 5.26 Å². The van der Waals surface area contributed by atoms with Gasteiger partial charge in [0, 0.05) is 0 Å². The fourth-order valence-corrected chi connectivity index (χ4v) is 1.98. The minimum Gasteiger partial charge on any atom is -0.251 e. The zero-order valence-corrected chi connectivity index (χ0v) is 10.7. The zero-order chi connectivity index (χ0) is 14.5.